The van der Waals surface area contributed by atoms with Crippen molar-refractivity contribution < 1.29 is 9.53 Å². The zero-order chi connectivity index (χ0) is 7.82. The van der Waals surface area contributed by atoms with Crippen LogP contribution in [0.3, 0.4) is 0 Å². The number of hydrogen-bond acceptors (Lipinski definition) is 3. The molecule has 2 nitrogen and oxygen atoms in total. The Morgan fingerprint density at radius 1 is 1.50 bits per heavy atom. The molecule has 3 heteroatoms. The minimum absolute atomic E-state index is 0.170. The lowest BCUT2D eigenvalue weighted by atomic mass is 10.3. The van der Waals surface area contributed by atoms with Gasteiger partial charge in [-0.2, -0.15) is 0 Å². The van der Waals surface area contributed by atoms with E-state index in [1.54, 1.807) is 6.26 Å². The molecular formula is C7H14O2S. The van der Waals surface area contributed by atoms with E-state index in [2.05, 4.69) is 6.92 Å². The lowest BCUT2D eigenvalue weighted by molar-refractivity contribution is 0.172. The smallest absolute Gasteiger partial charge is 0.367 e. The normalized spacial score (nSPS) is 9.40. The molecule has 0 saturated carbocycles. The summed E-state index contributed by atoms with van der Waals surface area (Å²) in [5.74, 6) is 0. The number of thioether (sulfide) groups is 1. The average Bonchev–Trinajstić information content (AvgIpc) is 1.98. The monoisotopic (exact) mass is 162 g/mol. The second-order valence-corrected chi connectivity index (χ2v) is 2.75. The fourth-order valence-electron chi connectivity index (χ4n) is 0.566. The summed E-state index contributed by atoms with van der Waals surface area (Å²) >= 11 is 1.12. The first-order valence-electron chi connectivity index (χ1n) is 3.52. The Bertz CT molecular complexity index is 93.6. The van der Waals surface area contributed by atoms with E-state index in [4.69, 9.17) is 4.74 Å². The Labute approximate surface area is 66.3 Å². The van der Waals surface area contributed by atoms with Gasteiger partial charge in [0.25, 0.3) is 0 Å². The molecule has 0 saturated heterocycles. The van der Waals surface area contributed by atoms with Crippen LogP contribution < -0.4 is 0 Å². The third kappa shape index (κ3) is 5.95. The molecular weight excluding hydrogens is 148 g/mol. The highest BCUT2D eigenvalue weighted by Gasteiger charge is 1.96. The van der Waals surface area contributed by atoms with Crippen molar-refractivity contribution >= 4 is 17.1 Å². The van der Waals surface area contributed by atoms with Crippen LogP contribution in [0.25, 0.3) is 0 Å². The van der Waals surface area contributed by atoms with Crippen molar-refractivity contribution in [3.05, 3.63) is 0 Å². The molecule has 0 aromatic heterocycles. The highest BCUT2D eigenvalue weighted by Crippen LogP contribution is 2.01. The zero-order valence-electron chi connectivity index (χ0n) is 6.55. The van der Waals surface area contributed by atoms with Crippen molar-refractivity contribution in [1.82, 2.24) is 0 Å². The van der Waals surface area contributed by atoms with Gasteiger partial charge in [-0.3, -0.25) is 0 Å². The second-order valence-electron chi connectivity index (χ2n) is 2.01. The SMILES string of the molecule is CCCCCOC(=O)SC. The molecule has 0 aliphatic rings. The number of ether oxygens (including phenoxy) is 1. The van der Waals surface area contributed by atoms with Crippen LogP contribution in [0.2, 0.25) is 0 Å². The average molecular weight is 162 g/mol. The largest absolute Gasteiger partial charge is 0.458 e. The van der Waals surface area contributed by atoms with Gasteiger partial charge in [-0.05, 0) is 24.4 Å². The number of hydrogen-bond donors (Lipinski definition) is 0. The Balaban J connectivity index is 2.96. The van der Waals surface area contributed by atoms with E-state index in [1.807, 2.05) is 0 Å². The molecule has 10 heavy (non-hydrogen) atoms. The number of rotatable bonds is 4. The minimum atomic E-state index is -0.170. The number of carbonyl (C=O) groups is 1. The van der Waals surface area contributed by atoms with Gasteiger partial charge in [0.1, 0.15) is 0 Å². The van der Waals surface area contributed by atoms with E-state index < -0.39 is 0 Å². The minimum Gasteiger partial charge on any atom is -0.458 e. The number of unbranched alkanes of at least 4 members (excludes halogenated alkanes) is 2. The van der Waals surface area contributed by atoms with Crippen LogP contribution in [0, 0.1) is 0 Å². The Morgan fingerprint density at radius 3 is 2.70 bits per heavy atom. The Morgan fingerprint density at radius 2 is 2.20 bits per heavy atom. The van der Waals surface area contributed by atoms with Crippen molar-refractivity contribution in [2.75, 3.05) is 12.9 Å². The summed E-state index contributed by atoms with van der Waals surface area (Å²) in [6, 6.07) is 0. The van der Waals surface area contributed by atoms with Crippen molar-refractivity contribution in [2.24, 2.45) is 0 Å². The summed E-state index contributed by atoms with van der Waals surface area (Å²) in [6.45, 7) is 2.70. The molecule has 0 fully saturated rings. The van der Waals surface area contributed by atoms with Gasteiger partial charge in [-0.15, -0.1) is 0 Å². The number of carbonyl (C=O) groups excluding carboxylic acids is 1. The predicted octanol–water partition coefficient (Wildman–Crippen LogP) is 2.68. The predicted molar refractivity (Wildman–Crippen MR) is 44.4 cm³/mol. The molecule has 0 N–H and O–H groups in total. The van der Waals surface area contributed by atoms with Gasteiger partial charge < -0.3 is 4.74 Å². The van der Waals surface area contributed by atoms with Crippen LogP contribution in [0.1, 0.15) is 26.2 Å². The molecule has 0 aromatic rings. The van der Waals surface area contributed by atoms with Gasteiger partial charge in [-0.25, -0.2) is 4.79 Å². The summed E-state index contributed by atoms with van der Waals surface area (Å²) < 4.78 is 4.82. The van der Waals surface area contributed by atoms with Crippen LogP contribution in [-0.2, 0) is 4.74 Å². The molecule has 0 atom stereocenters. The maximum atomic E-state index is 10.5. The van der Waals surface area contributed by atoms with Crippen LogP contribution in [-0.4, -0.2) is 18.2 Å². The van der Waals surface area contributed by atoms with Gasteiger partial charge in [0, 0.05) is 0 Å². The van der Waals surface area contributed by atoms with Crippen molar-refractivity contribution in [1.29, 1.82) is 0 Å². The Kier molecular flexibility index (Phi) is 6.81. The summed E-state index contributed by atoms with van der Waals surface area (Å²) in [5.41, 5.74) is 0. The highest BCUT2D eigenvalue weighted by molar-refractivity contribution is 8.12. The van der Waals surface area contributed by atoms with Crippen molar-refractivity contribution in [3.8, 4) is 0 Å². The first-order valence-corrected chi connectivity index (χ1v) is 4.74. The standard InChI is InChI=1S/C7H14O2S/c1-3-4-5-6-9-7(8)10-2/h3-6H2,1-2H3. The molecule has 0 amide bonds. The maximum Gasteiger partial charge on any atom is 0.367 e. The van der Waals surface area contributed by atoms with Crippen molar-refractivity contribution in [2.45, 2.75) is 26.2 Å². The molecule has 0 bridgehead atoms. The van der Waals surface area contributed by atoms with Crippen LogP contribution in [0.5, 0.6) is 0 Å². The summed E-state index contributed by atoms with van der Waals surface area (Å²) in [7, 11) is 0. The third-order valence-corrected chi connectivity index (χ3v) is 1.59. The quantitative estimate of drug-likeness (QED) is 0.469. The molecule has 0 spiro atoms. The molecule has 0 aliphatic carbocycles. The zero-order valence-corrected chi connectivity index (χ0v) is 7.37. The van der Waals surface area contributed by atoms with Gasteiger partial charge in [-0.1, -0.05) is 19.8 Å². The molecule has 0 aromatic carbocycles. The molecule has 0 aliphatic heterocycles. The summed E-state index contributed by atoms with van der Waals surface area (Å²) in [5, 5.41) is -0.170. The maximum absolute atomic E-state index is 10.5. The van der Waals surface area contributed by atoms with Gasteiger partial charge in [0.05, 0.1) is 6.61 Å². The lowest BCUT2D eigenvalue weighted by Gasteiger charge is -1.99. The van der Waals surface area contributed by atoms with Gasteiger partial charge >= 0.3 is 5.30 Å². The van der Waals surface area contributed by atoms with Crippen molar-refractivity contribution in [3.63, 3.8) is 0 Å². The topological polar surface area (TPSA) is 26.3 Å². The summed E-state index contributed by atoms with van der Waals surface area (Å²) in [4.78, 5) is 10.5. The van der Waals surface area contributed by atoms with E-state index in [-0.39, 0.29) is 5.30 Å². The fraction of sp³-hybridized carbons (Fsp3) is 0.857. The molecule has 0 radical (unpaired) electrons. The highest BCUT2D eigenvalue weighted by atomic mass is 32.2. The van der Waals surface area contributed by atoms with Gasteiger partial charge in [0.15, 0.2) is 0 Å². The fourth-order valence-corrected chi connectivity index (χ4v) is 0.768. The van der Waals surface area contributed by atoms with Crippen LogP contribution >= 0.6 is 11.8 Å². The van der Waals surface area contributed by atoms with E-state index >= 15 is 0 Å². The first kappa shape index (κ1) is 9.82. The van der Waals surface area contributed by atoms with E-state index in [0.717, 1.165) is 31.0 Å². The van der Waals surface area contributed by atoms with Crippen LogP contribution in [0.4, 0.5) is 4.79 Å². The molecule has 0 heterocycles. The van der Waals surface area contributed by atoms with E-state index in [0.29, 0.717) is 6.61 Å². The molecule has 0 rings (SSSR count). The van der Waals surface area contributed by atoms with Gasteiger partial charge in [0.2, 0.25) is 0 Å². The first-order chi connectivity index (χ1) is 4.81. The lowest BCUT2D eigenvalue weighted by Crippen LogP contribution is -1.98. The van der Waals surface area contributed by atoms with E-state index in [9.17, 15) is 4.79 Å². The van der Waals surface area contributed by atoms with E-state index in [1.165, 1.54) is 0 Å². The molecule has 0 unspecified atom stereocenters. The third-order valence-electron chi connectivity index (χ3n) is 1.13. The van der Waals surface area contributed by atoms with Crippen LogP contribution in [0.15, 0.2) is 0 Å². The Hall–Kier alpha value is -0.180. The second kappa shape index (κ2) is 6.93. The summed E-state index contributed by atoms with van der Waals surface area (Å²) in [6.07, 6.45) is 5.02. The molecule has 60 valence electrons.